The predicted octanol–water partition coefficient (Wildman–Crippen LogP) is 1.95. The van der Waals surface area contributed by atoms with Crippen LogP contribution in [0.25, 0.3) is 0 Å². The first kappa shape index (κ1) is 11.2. The number of amides is 1. The molecule has 1 fully saturated rings. The minimum atomic E-state index is -0.334. The summed E-state index contributed by atoms with van der Waals surface area (Å²) in [4.78, 5) is 11.7. The molecule has 1 aliphatic carbocycles. The number of aromatic amines is 1. The summed E-state index contributed by atoms with van der Waals surface area (Å²) in [5.41, 5.74) is 1.99. The summed E-state index contributed by atoms with van der Waals surface area (Å²) in [6, 6.07) is 0. The van der Waals surface area contributed by atoms with E-state index in [0.717, 1.165) is 5.69 Å². The molecule has 0 radical (unpaired) electrons. The highest BCUT2D eigenvalue weighted by atomic mass is 16.2. The molecule has 88 valence electrons. The van der Waals surface area contributed by atoms with Crippen LogP contribution in [0.15, 0.2) is 6.20 Å². The number of carbonyl (C=O) groups excluding carboxylic acids is 1. The van der Waals surface area contributed by atoms with E-state index in [4.69, 9.17) is 0 Å². The minimum Gasteiger partial charge on any atom is -0.350 e. The van der Waals surface area contributed by atoms with E-state index in [9.17, 15) is 4.79 Å². The van der Waals surface area contributed by atoms with Crippen molar-refractivity contribution in [3.05, 3.63) is 17.5 Å². The third-order valence-electron chi connectivity index (χ3n) is 2.88. The van der Waals surface area contributed by atoms with Crippen molar-refractivity contribution in [2.75, 3.05) is 0 Å². The Labute approximate surface area is 95.8 Å². The standard InChI is InChI=1S/C12H19N3O/c1-12(2,3)11(16)13-7-10-9(6-14-15-10)8-4-5-8/h6,8H,4-5,7H2,1-3H3,(H,13,16)(H,14,15). The lowest BCUT2D eigenvalue weighted by atomic mass is 9.95. The summed E-state index contributed by atoms with van der Waals surface area (Å²) in [6.07, 6.45) is 4.38. The van der Waals surface area contributed by atoms with Crippen molar-refractivity contribution in [2.45, 2.75) is 46.1 Å². The van der Waals surface area contributed by atoms with Crippen LogP contribution in [0.5, 0.6) is 0 Å². The van der Waals surface area contributed by atoms with Gasteiger partial charge in [-0.05, 0) is 24.3 Å². The fourth-order valence-corrected chi connectivity index (χ4v) is 1.64. The molecular weight excluding hydrogens is 202 g/mol. The lowest BCUT2D eigenvalue weighted by molar-refractivity contribution is -0.128. The lowest BCUT2D eigenvalue weighted by Gasteiger charge is -2.17. The van der Waals surface area contributed by atoms with E-state index in [1.807, 2.05) is 27.0 Å². The second-order valence-electron chi connectivity index (χ2n) is 5.51. The Hall–Kier alpha value is -1.32. The molecule has 0 atom stereocenters. The van der Waals surface area contributed by atoms with Gasteiger partial charge in [0.25, 0.3) is 0 Å². The van der Waals surface area contributed by atoms with E-state index in [1.165, 1.54) is 18.4 Å². The molecule has 16 heavy (non-hydrogen) atoms. The zero-order valence-corrected chi connectivity index (χ0v) is 10.1. The van der Waals surface area contributed by atoms with Gasteiger partial charge in [-0.2, -0.15) is 5.10 Å². The molecule has 1 amide bonds. The second-order valence-corrected chi connectivity index (χ2v) is 5.51. The van der Waals surface area contributed by atoms with Crippen molar-refractivity contribution in [1.29, 1.82) is 0 Å². The maximum Gasteiger partial charge on any atom is 0.225 e. The fraction of sp³-hybridized carbons (Fsp3) is 0.667. The molecular formula is C12H19N3O. The van der Waals surface area contributed by atoms with Crippen LogP contribution in [0.4, 0.5) is 0 Å². The smallest absolute Gasteiger partial charge is 0.225 e. The van der Waals surface area contributed by atoms with Gasteiger partial charge < -0.3 is 5.32 Å². The first-order chi connectivity index (χ1) is 7.48. The molecule has 0 aromatic carbocycles. The van der Waals surface area contributed by atoms with Gasteiger partial charge in [0.1, 0.15) is 0 Å². The number of carbonyl (C=O) groups is 1. The van der Waals surface area contributed by atoms with Crippen LogP contribution >= 0.6 is 0 Å². The van der Waals surface area contributed by atoms with Crippen LogP contribution in [0, 0.1) is 5.41 Å². The van der Waals surface area contributed by atoms with Gasteiger partial charge in [0.05, 0.1) is 18.4 Å². The summed E-state index contributed by atoms with van der Waals surface area (Å²) >= 11 is 0. The topological polar surface area (TPSA) is 57.8 Å². The van der Waals surface area contributed by atoms with Crippen molar-refractivity contribution >= 4 is 5.91 Å². The number of hydrogen-bond acceptors (Lipinski definition) is 2. The number of hydrogen-bond donors (Lipinski definition) is 2. The molecule has 0 unspecified atom stereocenters. The number of aromatic nitrogens is 2. The number of H-pyrrole nitrogens is 1. The fourth-order valence-electron chi connectivity index (χ4n) is 1.64. The first-order valence-corrected chi connectivity index (χ1v) is 5.79. The monoisotopic (exact) mass is 221 g/mol. The lowest BCUT2D eigenvalue weighted by Crippen LogP contribution is -2.34. The zero-order valence-electron chi connectivity index (χ0n) is 10.1. The molecule has 2 rings (SSSR count). The molecule has 1 heterocycles. The molecule has 0 bridgehead atoms. The van der Waals surface area contributed by atoms with Crippen molar-refractivity contribution in [3.8, 4) is 0 Å². The van der Waals surface area contributed by atoms with Crippen LogP contribution < -0.4 is 5.32 Å². The van der Waals surface area contributed by atoms with Crippen LogP contribution in [0.3, 0.4) is 0 Å². The average Bonchev–Trinajstić information content (AvgIpc) is 2.93. The predicted molar refractivity (Wildman–Crippen MR) is 61.9 cm³/mol. The number of nitrogens with one attached hydrogen (secondary N) is 2. The first-order valence-electron chi connectivity index (χ1n) is 5.79. The van der Waals surface area contributed by atoms with E-state index < -0.39 is 0 Å². The highest BCUT2D eigenvalue weighted by molar-refractivity contribution is 5.81. The Balaban J connectivity index is 1.94. The molecule has 1 saturated carbocycles. The molecule has 4 heteroatoms. The van der Waals surface area contributed by atoms with Crippen LogP contribution in [-0.4, -0.2) is 16.1 Å². The highest BCUT2D eigenvalue weighted by Gasteiger charge is 2.28. The van der Waals surface area contributed by atoms with Gasteiger partial charge in [0.2, 0.25) is 5.91 Å². The Morgan fingerprint density at radius 1 is 1.56 bits per heavy atom. The molecule has 4 nitrogen and oxygen atoms in total. The van der Waals surface area contributed by atoms with Crippen LogP contribution in [-0.2, 0) is 11.3 Å². The van der Waals surface area contributed by atoms with Crippen molar-refractivity contribution in [2.24, 2.45) is 5.41 Å². The van der Waals surface area contributed by atoms with Gasteiger partial charge in [-0.25, -0.2) is 0 Å². The maximum atomic E-state index is 11.7. The second kappa shape index (κ2) is 3.92. The van der Waals surface area contributed by atoms with E-state index in [2.05, 4.69) is 15.5 Å². The summed E-state index contributed by atoms with van der Waals surface area (Å²) in [6.45, 7) is 6.30. The molecule has 0 spiro atoms. The van der Waals surface area contributed by atoms with Crippen molar-refractivity contribution in [3.63, 3.8) is 0 Å². The summed E-state index contributed by atoms with van der Waals surface area (Å²) in [7, 11) is 0. The summed E-state index contributed by atoms with van der Waals surface area (Å²) in [5.74, 6) is 0.740. The quantitative estimate of drug-likeness (QED) is 0.819. The summed E-state index contributed by atoms with van der Waals surface area (Å²) in [5, 5.41) is 9.95. The minimum absolute atomic E-state index is 0.0730. The van der Waals surface area contributed by atoms with Crippen LogP contribution in [0.1, 0.15) is 50.8 Å². The van der Waals surface area contributed by atoms with Gasteiger partial charge in [0.15, 0.2) is 0 Å². The Morgan fingerprint density at radius 3 is 2.81 bits per heavy atom. The van der Waals surface area contributed by atoms with Gasteiger partial charge in [0, 0.05) is 5.41 Å². The Morgan fingerprint density at radius 2 is 2.25 bits per heavy atom. The molecule has 0 aliphatic heterocycles. The Bertz CT molecular complexity index is 385. The summed E-state index contributed by atoms with van der Waals surface area (Å²) < 4.78 is 0. The van der Waals surface area contributed by atoms with Gasteiger partial charge in [-0.3, -0.25) is 9.89 Å². The van der Waals surface area contributed by atoms with E-state index in [0.29, 0.717) is 12.5 Å². The van der Waals surface area contributed by atoms with Gasteiger partial charge in [-0.15, -0.1) is 0 Å². The van der Waals surface area contributed by atoms with E-state index >= 15 is 0 Å². The van der Waals surface area contributed by atoms with Crippen molar-refractivity contribution < 1.29 is 4.79 Å². The number of rotatable bonds is 3. The molecule has 2 N–H and O–H groups in total. The third-order valence-corrected chi connectivity index (χ3v) is 2.88. The normalized spacial score (nSPS) is 16.2. The molecule has 1 aromatic heterocycles. The highest BCUT2D eigenvalue weighted by Crippen LogP contribution is 2.41. The average molecular weight is 221 g/mol. The molecule has 1 aromatic rings. The SMILES string of the molecule is CC(C)(C)C(=O)NCc1[nH]ncc1C1CC1. The van der Waals surface area contributed by atoms with Crippen LogP contribution in [0.2, 0.25) is 0 Å². The largest absolute Gasteiger partial charge is 0.350 e. The number of nitrogens with zero attached hydrogens (tertiary/aromatic N) is 1. The Kier molecular flexibility index (Phi) is 2.74. The van der Waals surface area contributed by atoms with E-state index in [1.54, 1.807) is 0 Å². The zero-order chi connectivity index (χ0) is 11.8. The van der Waals surface area contributed by atoms with Gasteiger partial charge >= 0.3 is 0 Å². The van der Waals surface area contributed by atoms with Gasteiger partial charge in [-0.1, -0.05) is 20.8 Å². The molecule has 0 saturated heterocycles. The molecule has 1 aliphatic rings. The third kappa shape index (κ3) is 2.43. The maximum absolute atomic E-state index is 11.7. The van der Waals surface area contributed by atoms with Crippen molar-refractivity contribution in [1.82, 2.24) is 15.5 Å². The van der Waals surface area contributed by atoms with E-state index in [-0.39, 0.29) is 11.3 Å².